The minimum atomic E-state index is -1.41. The molecule has 0 bridgehead atoms. The number of carbonyl (C=O) groups is 1. The third-order valence-electron chi connectivity index (χ3n) is 4.42. The molecule has 4 rings (SSSR count). The molecule has 2 aromatic heterocycles. The summed E-state index contributed by atoms with van der Waals surface area (Å²) in [6.07, 6.45) is 1.77. The van der Waals surface area contributed by atoms with Gasteiger partial charge in [0.2, 0.25) is 5.65 Å². The van der Waals surface area contributed by atoms with Crippen molar-refractivity contribution in [1.82, 2.24) is 14.4 Å². The molecule has 0 saturated heterocycles. The Morgan fingerprint density at radius 2 is 2.08 bits per heavy atom. The Labute approximate surface area is 149 Å². The molecule has 2 unspecified atom stereocenters. The molecular formula is C19H19N3O4. The SMILES string of the molecule is CC(C)(C)OC(=O)C(O)C1c2ccccc2-c2[nH]c(=O)c3nccn3c21. The van der Waals surface area contributed by atoms with Crippen molar-refractivity contribution in [1.29, 1.82) is 0 Å². The number of hydrogen-bond acceptors (Lipinski definition) is 5. The van der Waals surface area contributed by atoms with Crippen molar-refractivity contribution in [3.05, 3.63) is 58.3 Å². The third kappa shape index (κ3) is 2.43. The number of esters is 1. The van der Waals surface area contributed by atoms with Gasteiger partial charge < -0.3 is 14.8 Å². The number of aromatic amines is 1. The molecule has 1 aromatic carbocycles. The second kappa shape index (κ2) is 5.54. The predicted octanol–water partition coefficient (Wildman–Crippen LogP) is 1.84. The van der Waals surface area contributed by atoms with Crippen molar-refractivity contribution in [3.63, 3.8) is 0 Å². The maximum Gasteiger partial charge on any atom is 0.336 e. The number of rotatable bonds is 2. The zero-order chi connectivity index (χ0) is 18.6. The molecule has 0 fully saturated rings. The number of benzene rings is 1. The molecule has 1 aliphatic rings. The van der Waals surface area contributed by atoms with E-state index in [-0.39, 0.29) is 11.2 Å². The maximum absolute atomic E-state index is 12.5. The Bertz CT molecular complexity index is 1070. The van der Waals surface area contributed by atoms with Gasteiger partial charge in [-0.3, -0.25) is 9.20 Å². The number of aliphatic hydroxyl groups excluding tert-OH is 1. The monoisotopic (exact) mass is 353 g/mol. The molecule has 2 atom stereocenters. The summed E-state index contributed by atoms with van der Waals surface area (Å²) in [5.41, 5.74) is 1.93. The van der Waals surface area contributed by atoms with Gasteiger partial charge in [0.1, 0.15) is 5.60 Å². The zero-order valence-corrected chi connectivity index (χ0v) is 14.7. The molecular weight excluding hydrogens is 334 g/mol. The van der Waals surface area contributed by atoms with E-state index in [1.54, 1.807) is 31.4 Å². The third-order valence-corrected chi connectivity index (χ3v) is 4.42. The molecule has 0 aliphatic heterocycles. The van der Waals surface area contributed by atoms with Crippen molar-refractivity contribution in [2.24, 2.45) is 0 Å². The first kappa shape index (κ1) is 16.5. The van der Waals surface area contributed by atoms with Gasteiger partial charge in [-0.05, 0) is 26.3 Å². The van der Waals surface area contributed by atoms with Crippen LogP contribution in [0.2, 0.25) is 0 Å². The van der Waals surface area contributed by atoms with Crippen LogP contribution in [0.4, 0.5) is 0 Å². The number of aliphatic hydroxyl groups is 1. The summed E-state index contributed by atoms with van der Waals surface area (Å²) in [6.45, 7) is 5.25. The van der Waals surface area contributed by atoms with E-state index in [1.807, 2.05) is 24.3 Å². The van der Waals surface area contributed by atoms with Crippen molar-refractivity contribution in [3.8, 4) is 11.3 Å². The van der Waals surface area contributed by atoms with E-state index in [4.69, 9.17) is 4.74 Å². The topological polar surface area (TPSA) is 96.7 Å². The molecule has 0 spiro atoms. The number of H-pyrrole nitrogens is 1. The highest BCUT2D eigenvalue weighted by Crippen LogP contribution is 2.45. The minimum Gasteiger partial charge on any atom is -0.458 e. The predicted molar refractivity (Wildman–Crippen MR) is 94.9 cm³/mol. The lowest BCUT2D eigenvalue weighted by molar-refractivity contribution is -0.165. The fraction of sp³-hybridized carbons (Fsp3) is 0.316. The lowest BCUT2D eigenvalue weighted by atomic mass is 9.94. The van der Waals surface area contributed by atoms with Gasteiger partial charge in [-0.15, -0.1) is 0 Å². The summed E-state index contributed by atoms with van der Waals surface area (Å²) in [5, 5.41) is 10.8. The fourth-order valence-corrected chi connectivity index (χ4v) is 3.49. The largest absolute Gasteiger partial charge is 0.458 e. The van der Waals surface area contributed by atoms with E-state index in [0.717, 1.165) is 11.1 Å². The molecule has 0 saturated carbocycles. The first-order valence-electron chi connectivity index (χ1n) is 8.37. The quantitative estimate of drug-likeness (QED) is 0.685. The van der Waals surface area contributed by atoms with E-state index in [9.17, 15) is 14.7 Å². The molecule has 26 heavy (non-hydrogen) atoms. The van der Waals surface area contributed by atoms with Crippen LogP contribution >= 0.6 is 0 Å². The molecule has 2 heterocycles. The van der Waals surface area contributed by atoms with Crippen LogP contribution in [-0.2, 0) is 9.53 Å². The first-order chi connectivity index (χ1) is 12.3. The number of carbonyl (C=O) groups excluding carboxylic acids is 1. The van der Waals surface area contributed by atoms with Crippen LogP contribution in [0.15, 0.2) is 41.5 Å². The highest BCUT2D eigenvalue weighted by Gasteiger charge is 2.41. The van der Waals surface area contributed by atoms with Crippen molar-refractivity contribution >= 4 is 11.6 Å². The van der Waals surface area contributed by atoms with Gasteiger partial charge in [-0.2, -0.15) is 0 Å². The van der Waals surface area contributed by atoms with Crippen LogP contribution in [0.3, 0.4) is 0 Å². The highest BCUT2D eigenvalue weighted by atomic mass is 16.6. The Kier molecular flexibility index (Phi) is 3.52. The number of nitrogens with one attached hydrogen (secondary N) is 1. The van der Waals surface area contributed by atoms with Crippen molar-refractivity contribution in [2.75, 3.05) is 0 Å². The molecule has 7 nitrogen and oxygen atoms in total. The molecule has 134 valence electrons. The number of aromatic nitrogens is 3. The van der Waals surface area contributed by atoms with Crippen LogP contribution in [-0.4, -0.2) is 37.1 Å². The zero-order valence-electron chi connectivity index (χ0n) is 14.7. The summed E-state index contributed by atoms with van der Waals surface area (Å²) in [4.78, 5) is 31.8. The lowest BCUT2D eigenvalue weighted by Crippen LogP contribution is -2.36. The molecule has 0 amide bonds. The van der Waals surface area contributed by atoms with Gasteiger partial charge in [0.25, 0.3) is 5.56 Å². The highest BCUT2D eigenvalue weighted by molar-refractivity contribution is 5.83. The van der Waals surface area contributed by atoms with Gasteiger partial charge in [0.05, 0.1) is 17.3 Å². The standard InChI is InChI=1S/C19H19N3O4/c1-19(2,3)26-18(25)15(23)12-10-6-4-5-7-11(10)13-14(12)22-9-8-20-16(22)17(24)21-13/h4-9,12,15,23H,1-3H3,(H,21,24). The Balaban J connectivity index is 1.93. The average molecular weight is 353 g/mol. The van der Waals surface area contributed by atoms with Gasteiger partial charge in [-0.25, -0.2) is 9.78 Å². The van der Waals surface area contributed by atoms with E-state index < -0.39 is 23.6 Å². The van der Waals surface area contributed by atoms with Crippen molar-refractivity contribution in [2.45, 2.75) is 38.4 Å². The first-order valence-corrected chi connectivity index (χ1v) is 8.37. The van der Waals surface area contributed by atoms with Gasteiger partial charge in [0, 0.05) is 18.0 Å². The molecule has 0 radical (unpaired) electrons. The normalized spacial score (nSPS) is 17.0. The van der Waals surface area contributed by atoms with Crippen molar-refractivity contribution < 1.29 is 14.6 Å². The van der Waals surface area contributed by atoms with Gasteiger partial charge >= 0.3 is 5.97 Å². The van der Waals surface area contributed by atoms with Gasteiger partial charge in [-0.1, -0.05) is 24.3 Å². The summed E-state index contributed by atoms with van der Waals surface area (Å²) >= 11 is 0. The number of hydrogen-bond donors (Lipinski definition) is 2. The number of imidazole rings is 1. The van der Waals surface area contributed by atoms with Crippen LogP contribution in [0.25, 0.3) is 16.9 Å². The number of ether oxygens (including phenoxy) is 1. The summed E-state index contributed by atoms with van der Waals surface area (Å²) in [5.74, 6) is -1.37. The lowest BCUT2D eigenvalue weighted by Gasteiger charge is -2.25. The summed E-state index contributed by atoms with van der Waals surface area (Å²) < 4.78 is 7.00. The molecule has 1 aliphatic carbocycles. The fourth-order valence-electron chi connectivity index (χ4n) is 3.49. The summed E-state index contributed by atoms with van der Waals surface area (Å²) in [6, 6.07) is 7.38. The van der Waals surface area contributed by atoms with E-state index in [2.05, 4.69) is 9.97 Å². The molecule has 3 aromatic rings. The van der Waals surface area contributed by atoms with Crippen LogP contribution in [0, 0.1) is 0 Å². The van der Waals surface area contributed by atoms with E-state index in [1.165, 1.54) is 6.20 Å². The summed E-state index contributed by atoms with van der Waals surface area (Å²) in [7, 11) is 0. The average Bonchev–Trinajstić information content (AvgIpc) is 3.16. The van der Waals surface area contributed by atoms with Crippen LogP contribution in [0.1, 0.15) is 37.9 Å². The van der Waals surface area contributed by atoms with E-state index in [0.29, 0.717) is 11.4 Å². The smallest absolute Gasteiger partial charge is 0.336 e. The minimum absolute atomic E-state index is 0.220. The Morgan fingerprint density at radius 1 is 1.35 bits per heavy atom. The number of nitrogens with zero attached hydrogens (tertiary/aromatic N) is 2. The Hall–Kier alpha value is -2.93. The second-order valence-electron chi connectivity index (χ2n) is 7.38. The number of fused-ring (bicyclic) bond motifs is 5. The van der Waals surface area contributed by atoms with Crippen LogP contribution in [0.5, 0.6) is 0 Å². The Morgan fingerprint density at radius 3 is 2.81 bits per heavy atom. The molecule has 7 heteroatoms. The maximum atomic E-state index is 12.5. The molecule has 2 N–H and O–H groups in total. The van der Waals surface area contributed by atoms with Crippen LogP contribution < -0.4 is 5.56 Å². The second-order valence-corrected chi connectivity index (χ2v) is 7.38. The van der Waals surface area contributed by atoms with E-state index >= 15 is 0 Å². The van der Waals surface area contributed by atoms with Gasteiger partial charge in [0.15, 0.2) is 6.10 Å².